The Bertz CT molecular complexity index is 1190. The number of nitrogens with one attached hydrogen (secondary N) is 2. The van der Waals surface area contributed by atoms with Crippen LogP contribution in [-0.2, 0) is 23.9 Å². The van der Waals surface area contributed by atoms with Crippen molar-refractivity contribution in [3.05, 3.63) is 35.9 Å². The second-order valence-corrected chi connectivity index (χ2v) is 11.9. The molecule has 2 aliphatic heterocycles. The minimum Gasteiger partial charge on any atom is -0.444 e. The van der Waals surface area contributed by atoms with Gasteiger partial charge >= 0.3 is 6.09 Å². The van der Waals surface area contributed by atoms with Gasteiger partial charge in [0.15, 0.2) is 5.54 Å². The molecular formula is C28H40N6O6. The summed E-state index contributed by atoms with van der Waals surface area (Å²) in [7, 11) is 1.47. The number of nitrogens with two attached hydrogens (primary N) is 1. The summed E-state index contributed by atoms with van der Waals surface area (Å²) < 4.78 is 5.24. The highest BCUT2D eigenvalue weighted by Crippen LogP contribution is 2.35. The van der Waals surface area contributed by atoms with Gasteiger partial charge in [-0.1, -0.05) is 44.2 Å². The summed E-state index contributed by atoms with van der Waals surface area (Å²) in [5.74, 6) is -1.87. The van der Waals surface area contributed by atoms with Crippen LogP contribution in [0.2, 0.25) is 0 Å². The van der Waals surface area contributed by atoms with E-state index in [1.165, 1.54) is 23.8 Å². The molecule has 2 aliphatic rings. The molecule has 12 heteroatoms. The number of likely N-dealkylation sites (tertiary alicyclic amines) is 1. The zero-order valence-corrected chi connectivity index (χ0v) is 24.2. The molecule has 0 saturated carbocycles. The number of carbonyl (C=O) groups is 5. The maximum Gasteiger partial charge on any atom is 0.408 e. The Morgan fingerprint density at radius 1 is 1.20 bits per heavy atom. The average molecular weight is 557 g/mol. The molecule has 3 rings (SSSR count). The first-order chi connectivity index (χ1) is 18.5. The van der Waals surface area contributed by atoms with Crippen molar-refractivity contribution in [3.8, 4) is 0 Å². The zero-order valence-electron chi connectivity index (χ0n) is 24.2. The number of ether oxygens (including phenoxy) is 1. The molecule has 2 unspecified atom stereocenters. The Labute approximate surface area is 234 Å². The fourth-order valence-electron chi connectivity index (χ4n) is 4.93. The molecule has 4 atom stereocenters. The Morgan fingerprint density at radius 3 is 2.38 bits per heavy atom. The summed E-state index contributed by atoms with van der Waals surface area (Å²) in [4.78, 5) is 72.4. The first-order valence-electron chi connectivity index (χ1n) is 13.4. The summed E-state index contributed by atoms with van der Waals surface area (Å²) in [6.07, 6.45) is -0.554. The number of nitrogens with zero attached hydrogens (tertiary/aromatic N) is 3. The molecular weight excluding hydrogens is 516 g/mol. The Hall–Kier alpha value is -3.96. The number of amidine groups is 1. The Kier molecular flexibility index (Phi) is 8.90. The van der Waals surface area contributed by atoms with E-state index >= 15 is 0 Å². The number of carbonyl (C=O) groups excluding carboxylic acids is 5. The van der Waals surface area contributed by atoms with Crippen molar-refractivity contribution in [1.29, 1.82) is 0 Å². The van der Waals surface area contributed by atoms with Crippen molar-refractivity contribution in [3.63, 3.8) is 0 Å². The number of hydrogen-bond donors (Lipinski definition) is 3. The smallest absolute Gasteiger partial charge is 0.408 e. The summed E-state index contributed by atoms with van der Waals surface area (Å²) in [5.41, 5.74) is 4.27. The van der Waals surface area contributed by atoms with Crippen molar-refractivity contribution < 1.29 is 28.7 Å². The van der Waals surface area contributed by atoms with E-state index in [1.54, 1.807) is 32.9 Å². The monoisotopic (exact) mass is 556 g/mol. The third-order valence-electron chi connectivity index (χ3n) is 6.88. The van der Waals surface area contributed by atoms with E-state index in [0.29, 0.717) is 11.4 Å². The van der Waals surface area contributed by atoms with Crippen LogP contribution in [0.5, 0.6) is 0 Å². The van der Waals surface area contributed by atoms with Crippen LogP contribution in [0.3, 0.4) is 0 Å². The van der Waals surface area contributed by atoms with Crippen molar-refractivity contribution in [2.75, 3.05) is 13.6 Å². The van der Waals surface area contributed by atoms with Crippen molar-refractivity contribution in [1.82, 2.24) is 20.4 Å². The molecule has 1 saturated heterocycles. The number of rotatable bonds is 8. The van der Waals surface area contributed by atoms with Crippen LogP contribution < -0.4 is 16.4 Å². The highest BCUT2D eigenvalue weighted by molar-refractivity contribution is 6.16. The normalized spacial score (nSPS) is 22.0. The number of alkyl carbamates (subject to hydrolysis) is 1. The molecule has 0 aliphatic carbocycles. The Balaban J connectivity index is 1.86. The molecule has 0 bridgehead atoms. The van der Waals surface area contributed by atoms with E-state index in [-0.39, 0.29) is 25.3 Å². The highest BCUT2D eigenvalue weighted by atomic mass is 16.6. The average Bonchev–Trinajstić information content (AvgIpc) is 3.41. The van der Waals surface area contributed by atoms with Crippen molar-refractivity contribution in [2.45, 2.75) is 83.6 Å². The number of primary amides is 1. The topological polar surface area (TPSA) is 163 Å². The third-order valence-corrected chi connectivity index (χ3v) is 6.88. The van der Waals surface area contributed by atoms with E-state index in [0.717, 1.165) is 0 Å². The van der Waals surface area contributed by atoms with Gasteiger partial charge in [-0.05, 0) is 40.0 Å². The lowest BCUT2D eigenvalue weighted by atomic mass is 9.96. The molecule has 2 heterocycles. The van der Waals surface area contributed by atoms with Gasteiger partial charge in [-0.15, -0.1) is 0 Å². The van der Waals surface area contributed by atoms with E-state index in [4.69, 9.17) is 10.5 Å². The van der Waals surface area contributed by atoms with Gasteiger partial charge in [-0.2, -0.15) is 0 Å². The van der Waals surface area contributed by atoms with Gasteiger partial charge in [-0.3, -0.25) is 19.2 Å². The van der Waals surface area contributed by atoms with Gasteiger partial charge in [0.05, 0.1) is 6.54 Å². The van der Waals surface area contributed by atoms with Crippen LogP contribution in [0.25, 0.3) is 0 Å². The van der Waals surface area contributed by atoms with Crippen LogP contribution in [0, 0.1) is 5.92 Å². The molecule has 1 aromatic rings. The van der Waals surface area contributed by atoms with Crippen molar-refractivity contribution in [2.24, 2.45) is 16.6 Å². The predicted molar refractivity (Wildman–Crippen MR) is 148 cm³/mol. The van der Waals surface area contributed by atoms with E-state index in [9.17, 15) is 24.0 Å². The van der Waals surface area contributed by atoms with Crippen LogP contribution in [-0.4, -0.2) is 88.2 Å². The summed E-state index contributed by atoms with van der Waals surface area (Å²) in [6.45, 7) is 10.3. The molecule has 1 fully saturated rings. The lowest BCUT2D eigenvalue weighted by Gasteiger charge is -2.35. The lowest BCUT2D eigenvalue weighted by molar-refractivity contribution is -0.148. The summed E-state index contributed by atoms with van der Waals surface area (Å²) >= 11 is 0. The molecule has 40 heavy (non-hydrogen) atoms. The quantitative estimate of drug-likeness (QED) is 0.435. The molecule has 5 amide bonds. The predicted octanol–water partition coefficient (Wildman–Crippen LogP) is 1.17. The van der Waals surface area contributed by atoms with Gasteiger partial charge in [0.25, 0.3) is 5.91 Å². The van der Waals surface area contributed by atoms with Gasteiger partial charge in [0.2, 0.25) is 17.7 Å². The largest absolute Gasteiger partial charge is 0.444 e. The fraction of sp³-hybridized carbons (Fsp3) is 0.571. The van der Waals surface area contributed by atoms with Crippen molar-refractivity contribution >= 4 is 35.6 Å². The molecule has 4 N–H and O–H groups in total. The number of hydrogen-bond acceptors (Lipinski definition) is 7. The van der Waals surface area contributed by atoms with Gasteiger partial charge < -0.3 is 30.9 Å². The minimum absolute atomic E-state index is 0.000559. The molecule has 0 radical (unpaired) electrons. The first-order valence-corrected chi connectivity index (χ1v) is 13.4. The summed E-state index contributed by atoms with van der Waals surface area (Å²) in [6, 6.07) is 6.01. The standard InChI is InChI=1S/C28H40N6O6/c1-16(2)13-19(33(7)23(36)17(3)30-26(39)40-27(4,5)6)24(37)34-15-28(14-20(34)21(29)35)25(38)31-22(32-28)18-11-9-8-10-12-18/h8-12,16-17,19-20H,13-15H2,1-7H3,(H2,29,35)(H,30,39)(H,31,32,38)/t17?,19?,20-,28+/m0/s1. The van der Waals surface area contributed by atoms with Crippen LogP contribution in [0.15, 0.2) is 35.3 Å². The van der Waals surface area contributed by atoms with Crippen LogP contribution in [0.4, 0.5) is 4.79 Å². The zero-order chi connectivity index (χ0) is 30.0. The molecule has 12 nitrogen and oxygen atoms in total. The number of amides is 5. The number of benzene rings is 1. The maximum atomic E-state index is 14.0. The summed E-state index contributed by atoms with van der Waals surface area (Å²) in [5, 5.41) is 5.28. The van der Waals surface area contributed by atoms with E-state index in [2.05, 4.69) is 15.6 Å². The minimum atomic E-state index is -1.38. The lowest BCUT2D eigenvalue weighted by Crippen LogP contribution is -2.57. The van der Waals surface area contributed by atoms with Gasteiger partial charge in [0.1, 0.15) is 29.6 Å². The SMILES string of the molecule is CC(C)CC(C(=O)N1C[C@@]2(C[C@H]1C(N)=O)N=C(c1ccccc1)NC2=O)N(C)C(=O)C(C)NC(=O)OC(C)(C)C. The molecule has 1 spiro atoms. The number of likely N-dealkylation sites (N-methyl/N-ethyl adjacent to an activating group) is 1. The van der Waals surface area contributed by atoms with E-state index in [1.807, 2.05) is 32.0 Å². The third kappa shape index (κ3) is 6.78. The molecule has 218 valence electrons. The maximum absolute atomic E-state index is 14.0. The second-order valence-electron chi connectivity index (χ2n) is 11.9. The van der Waals surface area contributed by atoms with Gasteiger partial charge in [0, 0.05) is 19.0 Å². The second kappa shape index (κ2) is 11.6. The van der Waals surface area contributed by atoms with E-state index < -0.39 is 59.0 Å². The number of aliphatic imine (C=N–C) groups is 1. The first kappa shape index (κ1) is 30.6. The molecule has 1 aromatic carbocycles. The fourth-order valence-corrected chi connectivity index (χ4v) is 4.93. The Morgan fingerprint density at radius 2 is 1.82 bits per heavy atom. The van der Waals surface area contributed by atoms with Crippen LogP contribution in [0.1, 0.15) is 59.9 Å². The van der Waals surface area contributed by atoms with Crippen LogP contribution >= 0.6 is 0 Å². The highest BCUT2D eigenvalue weighted by Gasteiger charge is 2.56. The molecule has 0 aromatic heterocycles. The van der Waals surface area contributed by atoms with Gasteiger partial charge in [-0.25, -0.2) is 9.79 Å².